The van der Waals surface area contributed by atoms with Crippen LogP contribution < -0.4 is 5.32 Å². The molecule has 0 radical (unpaired) electrons. The Morgan fingerprint density at radius 2 is 1.21 bits per heavy atom. The zero-order valence-electron chi connectivity index (χ0n) is 11.4. The lowest BCUT2D eigenvalue weighted by atomic mass is 9.80. The summed E-state index contributed by atoms with van der Waals surface area (Å²) in [6.07, 6.45) is 2.37. The lowest BCUT2D eigenvalue weighted by Crippen LogP contribution is -2.53. The molecule has 0 unspecified atom stereocenters. The first-order valence-electron chi connectivity index (χ1n) is 5.77. The summed E-state index contributed by atoms with van der Waals surface area (Å²) in [5.74, 6) is 0. The highest BCUT2D eigenvalue weighted by molar-refractivity contribution is 4.90. The smallest absolute Gasteiger partial charge is 0.0135 e. The predicted octanol–water partition coefficient (Wildman–Crippen LogP) is 3.98. The van der Waals surface area contributed by atoms with Crippen molar-refractivity contribution in [1.29, 1.82) is 0 Å². The lowest BCUT2D eigenvalue weighted by Gasteiger charge is -2.40. The molecule has 0 heterocycles. The van der Waals surface area contributed by atoms with Crippen LogP contribution >= 0.6 is 0 Å². The average Bonchev–Trinajstić information content (AvgIpc) is 1.78. The molecule has 0 rings (SSSR count). The van der Waals surface area contributed by atoms with Crippen molar-refractivity contribution in [3.05, 3.63) is 0 Å². The van der Waals surface area contributed by atoms with Crippen LogP contribution in [0, 0.1) is 5.41 Å². The monoisotopic (exact) mass is 199 g/mol. The van der Waals surface area contributed by atoms with Gasteiger partial charge in [-0.25, -0.2) is 0 Å². The zero-order chi connectivity index (χ0) is 11.6. The average molecular weight is 199 g/mol. The second kappa shape index (κ2) is 4.22. The maximum atomic E-state index is 3.74. The normalized spacial score (nSPS) is 14.6. The van der Waals surface area contributed by atoms with Crippen molar-refractivity contribution < 1.29 is 0 Å². The van der Waals surface area contributed by atoms with Gasteiger partial charge in [-0.3, -0.25) is 0 Å². The van der Waals surface area contributed by atoms with Gasteiger partial charge in [-0.1, -0.05) is 27.7 Å². The van der Waals surface area contributed by atoms with E-state index in [0.717, 1.165) is 0 Å². The minimum absolute atomic E-state index is 0.220. The first-order chi connectivity index (χ1) is 5.97. The third-order valence-electron chi connectivity index (χ3n) is 2.53. The van der Waals surface area contributed by atoms with Gasteiger partial charge >= 0.3 is 0 Å². The lowest BCUT2D eigenvalue weighted by molar-refractivity contribution is 0.188. The van der Waals surface area contributed by atoms with E-state index in [1.54, 1.807) is 0 Å². The Bertz CT molecular complexity index is 172. The van der Waals surface area contributed by atoms with E-state index < -0.39 is 0 Å². The molecular weight excluding hydrogens is 170 g/mol. The van der Waals surface area contributed by atoms with Gasteiger partial charge in [0.1, 0.15) is 0 Å². The number of hydrogen-bond donors (Lipinski definition) is 1. The van der Waals surface area contributed by atoms with Crippen LogP contribution in [-0.2, 0) is 0 Å². The van der Waals surface area contributed by atoms with Gasteiger partial charge in [0.05, 0.1) is 0 Å². The molecule has 0 spiro atoms. The summed E-state index contributed by atoms with van der Waals surface area (Å²) in [4.78, 5) is 0. The van der Waals surface area contributed by atoms with Crippen LogP contribution in [-0.4, -0.2) is 11.1 Å². The van der Waals surface area contributed by atoms with Crippen molar-refractivity contribution in [2.75, 3.05) is 0 Å². The summed E-state index contributed by atoms with van der Waals surface area (Å²) < 4.78 is 0. The summed E-state index contributed by atoms with van der Waals surface area (Å²) in [7, 11) is 0. The molecule has 0 saturated heterocycles. The fraction of sp³-hybridized carbons (Fsp3) is 1.00. The molecule has 0 bridgehead atoms. The van der Waals surface area contributed by atoms with Gasteiger partial charge in [0.25, 0.3) is 0 Å². The molecule has 0 aromatic heterocycles. The number of nitrogens with one attached hydrogen (secondary N) is 1. The molecule has 0 aliphatic heterocycles. The molecule has 0 aromatic carbocycles. The van der Waals surface area contributed by atoms with Crippen molar-refractivity contribution in [2.45, 2.75) is 79.3 Å². The third kappa shape index (κ3) is 6.42. The molecule has 0 amide bonds. The van der Waals surface area contributed by atoms with Gasteiger partial charge in [-0.2, -0.15) is 0 Å². The van der Waals surface area contributed by atoms with E-state index in [2.05, 4.69) is 60.7 Å². The molecule has 1 nitrogen and oxygen atoms in total. The second-order valence-corrected chi connectivity index (χ2v) is 6.98. The van der Waals surface area contributed by atoms with Crippen molar-refractivity contribution in [1.82, 2.24) is 5.32 Å². The van der Waals surface area contributed by atoms with E-state index in [1.807, 2.05) is 0 Å². The number of hydrogen-bond acceptors (Lipinski definition) is 1. The number of rotatable bonds is 4. The Hall–Kier alpha value is -0.0400. The Balaban J connectivity index is 4.35. The minimum atomic E-state index is 0.220. The van der Waals surface area contributed by atoms with Gasteiger partial charge < -0.3 is 5.32 Å². The molecule has 0 aliphatic carbocycles. The maximum absolute atomic E-state index is 3.74. The van der Waals surface area contributed by atoms with Gasteiger partial charge in [-0.05, 0) is 46.0 Å². The van der Waals surface area contributed by atoms with Crippen molar-refractivity contribution in [3.8, 4) is 0 Å². The van der Waals surface area contributed by atoms with Crippen LogP contribution in [0.4, 0.5) is 0 Å². The summed E-state index contributed by atoms with van der Waals surface area (Å²) in [5, 5.41) is 3.74. The molecule has 14 heavy (non-hydrogen) atoms. The molecular formula is C13H29N. The fourth-order valence-electron chi connectivity index (χ4n) is 2.37. The van der Waals surface area contributed by atoms with E-state index in [0.29, 0.717) is 5.41 Å². The molecule has 86 valence electrons. The summed E-state index contributed by atoms with van der Waals surface area (Å²) in [6, 6.07) is 0. The highest BCUT2D eigenvalue weighted by Gasteiger charge is 2.29. The van der Waals surface area contributed by atoms with Gasteiger partial charge in [0.2, 0.25) is 0 Å². The van der Waals surface area contributed by atoms with Crippen molar-refractivity contribution >= 4 is 0 Å². The highest BCUT2D eigenvalue weighted by atomic mass is 15.0. The van der Waals surface area contributed by atoms with Gasteiger partial charge in [0.15, 0.2) is 0 Å². The Morgan fingerprint density at radius 3 is 1.50 bits per heavy atom. The van der Waals surface area contributed by atoms with Crippen LogP contribution in [0.5, 0.6) is 0 Å². The first-order valence-corrected chi connectivity index (χ1v) is 5.77. The highest BCUT2D eigenvalue weighted by Crippen LogP contribution is 2.28. The van der Waals surface area contributed by atoms with E-state index in [1.165, 1.54) is 12.8 Å². The molecule has 1 N–H and O–H groups in total. The fourth-order valence-corrected chi connectivity index (χ4v) is 2.37. The molecule has 1 heteroatoms. The SMILES string of the molecule is CCC(C)(C)NC(C)(C)CC(C)(C)C. The first kappa shape index (κ1) is 14.0. The van der Waals surface area contributed by atoms with Crippen molar-refractivity contribution in [2.24, 2.45) is 5.41 Å². The van der Waals surface area contributed by atoms with Crippen LogP contribution in [0.1, 0.15) is 68.2 Å². The Morgan fingerprint density at radius 1 is 0.786 bits per heavy atom. The quantitative estimate of drug-likeness (QED) is 0.722. The Kier molecular flexibility index (Phi) is 4.21. The Labute approximate surface area is 90.7 Å². The topological polar surface area (TPSA) is 12.0 Å². The summed E-state index contributed by atoms with van der Waals surface area (Å²) in [5.41, 5.74) is 0.854. The molecule has 0 atom stereocenters. The second-order valence-electron chi connectivity index (χ2n) is 6.98. The van der Waals surface area contributed by atoms with Crippen LogP contribution in [0.3, 0.4) is 0 Å². The molecule has 0 fully saturated rings. The van der Waals surface area contributed by atoms with E-state index in [9.17, 15) is 0 Å². The van der Waals surface area contributed by atoms with E-state index in [4.69, 9.17) is 0 Å². The van der Waals surface area contributed by atoms with E-state index in [-0.39, 0.29) is 11.1 Å². The molecule has 0 aliphatic rings. The van der Waals surface area contributed by atoms with Crippen LogP contribution in [0.15, 0.2) is 0 Å². The third-order valence-corrected chi connectivity index (χ3v) is 2.53. The van der Waals surface area contributed by atoms with Gasteiger partial charge in [-0.15, -0.1) is 0 Å². The van der Waals surface area contributed by atoms with Crippen LogP contribution in [0.25, 0.3) is 0 Å². The minimum Gasteiger partial charge on any atom is -0.307 e. The molecule has 0 aromatic rings. The van der Waals surface area contributed by atoms with Gasteiger partial charge in [0, 0.05) is 11.1 Å². The summed E-state index contributed by atoms with van der Waals surface area (Å²) in [6.45, 7) is 18.3. The predicted molar refractivity (Wildman–Crippen MR) is 65.7 cm³/mol. The standard InChI is InChI=1S/C13H29N/c1-9-12(5,6)14-13(7,8)10-11(2,3)4/h14H,9-10H2,1-8H3. The zero-order valence-corrected chi connectivity index (χ0v) is 11.4. The van der Waals surface area contributed by atoms with Crippen molar-refractivity contribution in [3.63, 3.8) is 0 Å². The largest absolute Gasteiger partial charge is 0.307 e. The summed E-state index contributed by atoms with van der Waals surface area (Å²) >= 11 is 0. The van der Waals surface area contributed by atoms with Crippen LogP contribution in [0.2, 0.25) is 0 Å². The molecule has 0 saturated carbocycles. The maximum Gasteiger partial charge on any atom is 0.0135 e. The van der Waals surface area contributed by atoms with E-state index >= 15 is 0 Å².